The van der Waals surface area contributed by atoms with E-state index in [4.69, 9.17) is 0 Å². The fourth-order valence-corrected chi connectivity index (χ4v) is 2.46. The number of carbonyl (C=O) groups is 1. The maximum Gasteiger partial charge on any atom is 0.293 e. The van der Waals surface area contributed by atoms with Crippen LogP contribution in [0.25, 0.3) is 0 Å². The van der Waals surface area contributed by atoms with Crippen molar-refractivity contribution in [3.63, 3.8) is 0 Å². The van der Waals surface area contributed by atoms with Gasteiger partial charge in [-0.2, -0.15) is 0 Å². The van der Waals surface area contributed by atoms with E-state index in [0.29, 0.717) is 5.69 Å². The molecule has 7 nitrogen and oxygen atoms in total. The van der Waals surface area contributed by atoms with E-state index < -0.39 is 4.92 Å². The molecule has 1 aromatic carbocycles. The molecule has 0 aliphatic carbocycles. The van der Waals surface area contributed by atoms with Crippen LogP contribution in [0.3, 0.4) is 0 Å². The molecule has 0 spiro atoms. The largest absolute Gasteiger partial charge is 0.377 e. The van der Waals surface area contributed by atoms with Crippen LogP contribution < -0.4 is 10.6 Å². The van der Waals surface area contributed by atoms with Crippen LogP contribution in [-0.4, -0.2) is 49.0 Å². The summed E-state index contributed by atoms with van der Waals surface area (Å²) in [7, 11) is 3.57. The molecule has 0 unspecified atom stereocenters. The smallest absolute Gasteiger partial charge is 0.293 e. The summed E-state index contributed by atoms with van der Waals surface area (Å²) >= 11 is 0. The number of piperidine rings is 1. The molecule has 114 valence electrons. The highest BCUT2D eigenvalue weighted by Gasteiger charge is 2.22. The summed E-state index contributed by atoms with van der Waals surface area (Å²) in [5.41, 5.74) is 0.704. The van der Waals surface area contributed by atoms with Crippen molar-refractivity contribution >= 4 is 17.3 Å². The Balaban J connectivity index is 2.18. The number of anilines is 1. The van der Waals surface area contributed by atoms with Crippen molar-refractivity contribution in [2.45, 2.75) is 18.9 Å². The molecule has 21 heavy (non-hydrogen) atoms. The van der Waals surface area contributed by atoms with Crippen molar-refractivity contribution in [2.75, 3.05) is 32.5 Å². The zero-order valence-corrected chi connectivity index (χ0v) is 12.3. The Kier molecular flexibility index (Phi) is 4.74. The number of carbonyl (C=O) groups excluding carboxylic acids is 1. The molecular formula is C14H20N4O3. The number of nitro benzene ring substituents is 1. The summed E-state index contributed by atoms with van der Waals surface area (Å²) in [5.74, 6) is -0.330. The molecule has 1 fully saturated rings. The molecule has 1 aliphatic heterocycles. The van der Waals surface area contributed by atoms with Gasteiger partial charge in [0.1, 0.15) is 5.69 Å². The lowest BCUT2D eigenvalue weighted by Gasteiger charge is -2.30. The van der Waals surface area contributed by atoms with Gasteiger partial charge in [0, 0.05) is 24.7 Å². The zero-order valence-electron chi connectivity index (χ0n) is 12.3. The number of hydrogen-bond acceptors (Lipinski definition) is 5. The minimum Gasteiger partial charge on any atom is -0.377 e. The predicted molar refractivity (Wildman–Crippen MR) is 80.6 cm³/mol. The Bertz CT molecular complexity index is 539. The van der Waals surface area contributed by atoms with Crippen LogP contribution >= 0.6 is 0 Å². The Morgan fingerprint density at radius 1 is 1.38 bits per heavy atom. The third-order valence-electron chi connectivity index (χ3n) is 3.76. The number of rotatable bonds is 4. The molecule has 7 heteroatoms. The van der Waals surface area contributed by atoms with Crippen LogP contribution in [0.1, 0.15) is 23.2 Å². The number of likely N-dealkylation sites (tertiary alicyclic amines) is 1. The Hall–Kier alpha value is -2.15. The first-order chi connectivity index (χ1) is 10.0. The second-order valence-corrected chi connectivity index (χ2v) is 5.29. The van der Waals surface area contributed by atoms with Gasteiger partial charge in [0.25, 0.3) is 11.6 Å². The second kappa shape index (κ2) is 6.53. The maximum atomic E-state index is 11.6. The highest BCUT2D eigenvalue weighted by molar-refractivity contribution is 5.95. The molecule has 2 N–H and O–H groups in total. The first-order valence-electron chi connectivity index (χ1n) is 6.97. The number of nitrogens with one attached hydrogen (secondary N) is 2. The van der Waals surface area contributed by atoms with E-state index in [9.17, 15) is 14.9 Å². The molecular weight excluding hydrogens is 272 g/mol. The van der Waals surface area contributed by atoms with Crippen LogP contribution in [0.5, 0.6) is 0 Å². The van der Waals surface area contributed by atoms with Crippen molar-refractivity contribution in [3.05, 3.63) is 33.9 Å². The molecule has 0 aromatic heterocycles. The molecule has 0 bridgehead atoms. The molecule has 0 atom stereocenters. The van der Waals surface area contributed by atoms with E-state index in [2.05, 4.69) is 22.6 Å². The van der Waals surface area contributed by atoms with Crippen LogP contribution in [0, 0.1) is 10.1 Å². The highest BCUT2D eigenvalue weighted by atomic mass is 16.6. The number of amides is 1. The lowest BCUT2D eigenvalue weighted by Crippen LogP contribution is -2.36. The quantitative estimate of drug-likeness (QED) is 0.648. The standard InChI is InChI=1S/C14H20N4O3/c1-15-14(19)10-3-4-12(13(9-10)18(20)21)16-11-5-7-17(2)8-6-11/h3-4,9,11,16H,5-8H2,1-2H3,(H,15,19). The van der Waals surface area contributed by atoms with Gasteiger partial charge in [-0.1, -0.05) is 0 Å². The monoisotopic (exact) mass is 292 g/mol. The molecule has 1 aromatic rings. The van der Waals surface area contributed by atoms with E-state index >= 15 is 0 Å². The average molecular weight is 292 g/mol. The van der Waals surface area contributed by atoms with Gasteiger partial charge in [-0.15, -0.1) is 0 Å². The van der Waals surface area contributed by atoms with Crippen LogP contribution in [0.15, 0.2) is 18.2 Å². The van der Waals surface area contributed by atoms with Gasteiger partial charge in [-0.25, -0.2) is 0 Å². The topological polar surface area (TPSA) is 87.5 Å². The van der Waals surface area contributed by atoms with Gasteiger partial charge in [0.15, 0.2) is 0 Å². The summed E-state index contributed by atoms with van der Waals surface area (Å²) in [6.45, 7) is 1.95. The Morgan fingerprint density at radius 2 is 2.05 bits per heavy atom. The van der Waals surface area contributed by atoms with Gasteiger partial charge in [-0.3, -0.25) is 14.9 Å². The van der Waals surface area contributed by atoms with Crippen molar-refractivity contribution in [1.29, 1.82) is 0 Å². The average Bonchev–Trinajstić information content (AvgIpc) is 2.49. The zero-order chi connectivity index (χ0) is 15.4. The van der Waals surface area contributed by atoms with Crippen molar-refractivity contribution < 1.29 is 9.72 Å². The lowest BCUT2D eigenvalue weighted by molar-refractivity contribution is -0.384. The molecule has 0 saturated carbocycles. The van der Waals surface area contributed by atoms with Gasteiger partial charge in [-0.05, 0) is 45.1 Å². The lowest BCUT2D eigenvalue weighted by atomic mass is 10.0. The molecule has 1 aliphatic rings. The fraction of sp³-hybridized carbons (Fsp3) is 0.500. The van der Waals surface area contributed by atoms with Gasteiger partial charge >= 0.3 is 0 Å². The van der Waals surface area contributed by atoms with Crippen molar-refractivity contribution in [3.8, 4) is 0 Å². The summed E-state index contributed by atoms with van der Waals surface area (Å²) in [6.07, 6.45) is 1.90. The molecule has 2 rings (SSSR count). The van der Waals surface area contributed by atoms with E-state index in [1.54, 1.807) is 12.1 Å². The molecule has 1 saturated heterocycles. The molecule has 1 heterocycles. The van der Waals surface area contributed by atoms with E-state index in [0.717, 1.165) is 25.9 Å². The van der Waals surface area contributed by atoms with E-state index in [-0.39, 0.29) is 23.2 Å². The summed E-state index contributed by atoms with van der Waals surface area (Å²) in [4.78, 5) is 24.6. The first-order valence-corrected chi connectivity index (χ1v) is 6.97. The fourth-order valence-electron chi connectivity index (χ4n) is 2.46. The number of benzene rings is 1. The summed E-state index contributed by atoms with van der Waals surface area (Å²) in [5, 5.41) is 16.9. The van der Waals surface area contributed by atoms with Crippen molar-refractivity contribution in [1.82, 2.24) is 10.2 Å². The van der Waals surface area contributed by atoms with Crippen molar-refractivity contribution in [2.24, 2.45) is 0 Å². The SMILES string of the molecule is CNC(=O)c1ccc(NC2CCN(C)CC2)c([N+](=O)[O-])c1. The highest BCUT2D eigenvalue weighted by Crippen LogP contribution is 2.27. The first kappa shape index (κ1) is 15.2. The second-order valence-electron chi connectivity index (χ2n) is 5.29. The molecule has 1 amide bonds. The minimum atomic E-state index is -0.455. The third kappa shape index (κ3) is 3.69. The summed E-state index contributed by atoms with van der Waals surface area (Å²) in [6, 6.07) is 4.76. The predicted octanol–water partition coefficient (Wildman–Crippen LogP) is 1.46. The molecule has 0 radical (unpaired) electrons. The van der Waals surface area contributed by atoms with Crippen LogP contribution in [0.4, 0.5) is 11.4 Å². The van der Waals surface area contributed by atoms with Gasteiger partial charge < -0.3 is 15.5 Å². The number of nitro groups is 1. The third-order valence-corrected chi connectivity index (χ3v) is 3.76. The Morgan fingerprint density at radius 3 is 2.62 bits per heavy atom. The van der Waals surface area contributed by atoms with Gasteiger partial charge in [0.05, 0.1) is 4.92 Å². The minimum absolute atomic E-state index is 0.0602. The van der Waals surface area contributed by atoms with Crippen LogP contribution in [0.2, 0.25) is 0 Å². The summed E-state index contributed by atoms with van der Waals surface area (Å²) < 4.78 is 0. The normalized spacial score (nSPS) is 16.5. The maximum absolute atomic E-state index is 11.6. The number of nitrogens with zero attached hydrogens (tertiary/aromatic N) is 2. The van der Waals surface area contributed by atoms with E-state index in [1.165, 1.54) is 13.1 Å². The Labute approximate surface area is 123 Å². The van der Waals surface area contributed by atoms with E-state index in [1.807, 2.05) is 0 Å². The van der Waals surface area contributed by atoms with Crippen LogP contribution in [-0.2, 0) is 0 Å². The number of hydrogen-bond donors (Lipinski definition) is 2. The van der Waals surface area contributed by atoms with Gasteiger partial charge in [0.2, 0.25) is 0 Å².